The number of rotatable bonds is 4. The van der Waals surface area contributed by atoms with Crippen LogP contribution in [0.4, 0.5) is 0 Å². The number of nitrogens with zero attached hydrogens (tertiary/aromatic N) is 2. The Morgan fingerprint density at radius 3 is 1.70 bits per heavy atom. The minimum absolute atomic E-state index is 0.138. The molecule has 1 aliphatic heterocycles. The third-order valence-electron chi connectivity index (χ3n) is 4.78. The van der Waals surface area contributed by atoms with Crippen LogP contribution in [-0.4, -0.2) is 45.2 Å². The zero-order chi connectivity index (χ0) is 20.0. The maximum absolute atomic E-state index is 13.1. The van der Waals surface area contributed by atoms with Gasteiger partial charge >= 0.3 is 0 Å². The van der Waals surface area contributed by atoms with Crippen molar-refractivity contribution in [1.82, 2.24) is 8.61 Å². The van der Waals surface area contributed by atoms with E-state index in [1.165, 1.54) is 8.61 Å². The normalized spacial score (nSPS) is 16.7. The summed E-state index contributed by atoms with van der Waals surface area (Å²) in [4.78, 5) is 0.442. The molecule has 146 valence electrons. The number of hydrogen-bond donors (Lipinski definition) is 0. The van der Waals surface area contributed by atoms with Gasteiger partial charge in [-0.05, 0) is 51.0 Å². The fourth-order valence-corrected chi connectivity index (χ4v) is 6.76. The molecule has 0 unspecified atom stereocenters. The summed E-state index contributed by atoms with van der Waals surface area (Å²) >= 11 is 0. The Morgan fingerprint density at radius 1 is 0.704 bits per heavy atom. The maximum Gasteiger partial charge on any atom is 0.244 e. The Hall–Kier alpha value is -1.74. The number of aryl methyl sites for hydroxylation is 4. The van der Waals surface area contributed by atoms with Gasteiger partial charge < -0.3 is 0 Å². The van der Waals surface area contributed by atoms with Crippen molar-refractivity contribution < 1.29 is 16.8 Å². The molecule has 0 aliphatic carbocycles. The van der Waals surface area contributed by atoms with Gasteiger partial charge in [0.1, 0.15) is 0 Å². The molecule has 2 aromatic carbocycles. The summed E-state index contributed by atoms with van der Waals surface area (Å²) in [5.41, 5.74) is 3.30. The molecule has 1 fully saturated rings. The first-order valence-corrected chi connectivity index (χ1v) is 11.6. The summed E-state index contributed by atoms with van der Waals surface area (Å²) in [5, 5.41) is 0. The first kappa shape index (κ1) is 20.0. The monoisotopic (exact) mass is 408 g/mol. The van der Waals surface area contributed by atoms with Crippen molar-refractivity contribution in [1.29, 1.82) is 0 Å². The highest BCUT2D eigenvalue weighted by Crippen LogP contribution is 2.28. The summed E-state index contributed by atoms with van der Waals surface area (Å²) < 4.78 is 54.4. The predicted octanol–water partition coefficient (Wildman–Crippen LogP) is 2.57. The van der Waals surface area contributed by atoms with E-state index in [1.807, 2.05) is 26.0 Å². The third kappa shape index (κ3) is 3.67. The van der Waals surface area contributed by atoms with Gasteiger partial charge in [0.15, 0.2) is 0 Å². The Balaban J connectivity index is 1.91. The molecule has 1 heterocycles. The smallest absolute Gasteiger partial charge is 0.207 e. The summed E-state index contributed by atoms with van der Waals surface area (Å²) in [5.74, 6) is 0. The van der Waals surface area contributed by atoms with Crippen LogP contribution in [-0.2, 0) is 20.0 Å². The van der Waals surface area contributed by atoms with Crippen LogP contribution in [0.2, 0.25) is 0 Å². The van der Waals surface area contributed by atoms with Gasteiger partial charge in [0.05, 0.1) is 16.5 Å². The van der Waals surface area contributed by atoms with Crippen molar-refractivity contribution in [3.05, 3.63) is 58.7 Å². The molecule has 0 saturated carbocycles. The van der Waals surface area contributed by atoms with Crippen molar-refractivity contribution in [3.63, 3.8) is 0 Å². The summed E-state index contributed by atoms with van der Waals surface area (Å²) in [6.07, 6.45) is 0. The van der Waals surface area contributed by atoms with E-state index in [0.717, 1.165) is 11.1 Å². The van der Waals surface area contributed by atoms with E-state index in [4.69, 9.17) is 0 Å². The van der Waals surface area contributed by atoms with Gasteiger partial charge in [-0.2, -0.15) is 8.61 Å². The second-order valence-corrected chi connectivity index (χ2v) is 10.9. The second-order valence-electron chi connectivity index (χ2n) is 7.04. The highest BCUT2D eigenvalue weighted by atomic mass is 32.2. The van der Waals surface area contributed by atoms with E-state index in [-0.39, 0.29) is 29.5 Å². The van der Waals surface area contributed by atoms with Gasteiger partial charge in [0.2, 0.25) is 20.0 Å². The molecule has 2 aromatic rings. The number of sulfonamides is 2. The highest BCUT2D eigenvalue weighted by Gasteiger charge is 2.38. The molecule has 0 aromatic heterocycles. The molecular weight excluding hydrogens is 384 g/mol. The molecule has 8 heteroatoms. The minimum Gasteiger partial charge on any atom is -0.207 e. The van der Waals surface area contributed by atoms with Crippen molar-refractivity contribution in [2.75, 3.05) is 19.8 Å². The van der Waals surface area contributed by atoms with E-state index < -0.39 is 20.0 Å². The lowest BCUT2D eigenvalue weighted by Gasteiger charge is -2.21. The maximum atomic E-state index is 13.1. The molecule has 0 bridgehead atoms. The first-order valence-electron chi connectivity index (χ1n) is 8.68. The second kappa shape index (κ2) is 7.01. The van der Waals surface area contributed by atoms with Crippen LogP contribution in [0.1, 0.15) is 22.3 Å². The van der Waals surface area contributed by atoms with Crippen molar-refractivity contribution in [3.8, 4) is 0 Å². The summed E-state index contributed by atoms with van der Waals surface area (Å²) in [6.45, 7) is 7.44. The van der Waals surface area contributed by atoms with Gasteiger partial charge in [-0.15, -0.1) is 0 Å². The molecule has 1 aliphatic rings. The first-order chi connectivity index (χ1) is 12.5. The van der Waals surface area contributed by atoms with Crippen LogP contribution in [0.5, 0.6) is 0 Å². The third-order valence-corrected chi connectivity index (χ3v) is 8.76. The molecule has 0 N–H and O–H groups in total. The number of benzene rings is 2. The molecule has 6 nitrogen and oxygen atoms in total. The number of hydrogen-bond acceptors (Lipinski definition) is 4. The highest BCUT2D eigenvalue weighted by molar-refractivity contribution is 7.90. The topological polar surface area (TPSA) is 74.8 Å². The lowest BCUT2D eigenvalue weighted by Crippen LogP contribution is -2.34. The van der Waals surface area contributed by atoms with E-state index in [2.05, 4.69) is 0 Å². The van der Waals surface area contributed by atoms with E-state index >= 15 is 0 Å². The van der Waals surface area contributed by atoms with Crippen LogP contribution in [0.3, 0.4) is 0 Å². The van der Waals surface area contributed by atoms with Gasteiger partial charge in [-0.1, -0.05) is 35.4 Å². The quantitative estimate of drug-likeness (QED) is 0.779. The standard InChI is InChI=1S/C19H24N2O4S2/c1-14-5-7-18(8-6-14)26(22,23)20-9-10-21(13-20)27(24,25)19-16(3)11-15(2)12-17(19)4/h5-8,11-12H,9-10,13H2,1-4H3. The zero-order valence-corrected chi connectivity index (χ0v) is 17.6. The Labute approximate surface area is 161 Å². The Kier molecular flexibility index (Phi) is 5.20. The lowest BCUT2D eigenvalue weighted by molar-refractivity contribution is 0.413. The molecule has 27 heavy (non-hydrogen) atoms. The largest absolute Gasteiger partial charge is 0.244 e. The van der Waals surface area contributed by atoms with Gasteiger partial charge in [0, 0.05) is 13.1 Å². The summed E-state index contributed by atoms with van der Waals surface area (Å²) in [7, 11) is -7.50. The molecule has 0 atom stereocenters. The van der Waals surface area contributed by atoms with E-state index in [1.54, 1.807) is 38.1 Å². The fraction of sp³-hybridized carbons (Fsp3) is 0.368. The van der Waals surface area contributed by atoms with Gasteiger partial charge in [-0.25, -0.2) is 16.8 Å². The molecular formula is C19H24N2O4S2. The molecule has 3 rings (SSSR count). The Morgan fingerprint density at radius 2 is 1.19 bits per heavy atom. The SMILES string of the molecule is Cc1ccc(S(=O)(=O)N2CCN(S(=O)(=O)c3c(C)cc(C)cc3C)C2)cc1. The van der Waals surface area contributed by atoms with Crippen molar-refractivity contribution >= 4 is 20.0 Å². The zero-order valence-electron chi connectivity index (χ0n) is 15.9. The molecule has 1 saturated heterocycles. The average Bonchev–Trinajstić information content (AvgIpc) is 3.05. The van der Waals surface area contributed by atoms with E-state index in [0.29, 0.717) is 11.1 Å². The Bertz CT molecular complexity index is 1050. The van der Waals surface area contributed by atoms with Crippen LogP contribution in [0, 0.1) is 27.7 Å². The van der Waals surface area contributed by atoms with Crippen LogP contribution < -0.4 is 0 Å². The predicted molar refractivity (Wildman–Crippen MR) is 104 cm³/mol. The van der Waals surface area contributed by atoms with Crippen molar-refractivity contribution in [2.24, 2.45) is 0 Å². The van der Waals surface area contributed by atoms with E-state index in [9.17, 15) is 16.8 Å². The van der Waals surface area contributed by atoms with Gasteiger partial charge in [-0.3, -0.25) is 0 Å². The van der Waals surface area contributed by atoms with Gasteiger partial charge in [0.25, 0.3) is 0 Å². The fourth-order valence-electron chi connectivity index (χ4n) is 3.49. The molecule has 0 spiro atoms. The van der Waals surface area contributed by atoms with Crippen LogP contribution in [0.25, 0.3) is 0 Å². The van der Waals surface area contributed by atoms with Crippen LogP contribution >= 0.6 is 0 Å². The van der Waals surface area contributed by atoms with Crippen molar-refractivity contribution in [2.45, 2.75) is 37.5 Å². The molecule has 0 amide bonds. The lowest BCUT2D eigenvalue weighted by atomic mass is 10.1. The summed E-state index contributed by atoms with van der Waals surface area (Å²) in [6, 6.07) is 10.2. The van der Waals surface area contributed by atoms with Crippen LogP contribution in [0.15, 0.2) is 46.2 Å². The average molecular weight is 409 g/mol. The molecule has 0 radical (unpaired) electrons. The minimum atomic E-state index is -3.77.